The zero-order valence-electron chi connectivity index (χ0n) is 17.6. The predicted molar refractivity (Wildman–Crippen MR) is 129 cm³/mol. The largest absolute Gasteiger partial charge is 0.332 e. The number of thiazole rings is 1. The molecular weight excluding hydrogens is 464 g/mol. The molecule has 5 aromatic rings. The second-order valence-corrected chi connectivity index (χ2v) is 8.92. The summed E-state index contributed by atoms with van der Waals surface area (Å²) < 4.78 is 4.73. The van der Waals surface area contributed by atoms with Crippen molar-refractivity contribution in [1.82, 2.24) is 23.7 Å². The highest BCUT2D eigenvalue weighted by molar-refractivity contribution is 7.21. The summed E-state index contributed by atoms with van der Waals surface area (Å²) in [6, 6.07) is 13.0. The van der Waals surface area contributed by atoms with Gasteiger partial charge in [-0.1, -0.05) is 23.7 Å². The topological polar surface area (TPSA) is 104 Å². The number of rotatable bonds is 4. The number of benzene rings is 2. The SMILES string of the molecule is Cn1c(=O)c2c(ncn2CC(=O)Nc2ccc(Cl)c(-c3nc4ccccc4s3)c2)n(C)c1=O. The summed E-state index contributed by atoms with van der Waals surface area (Å²) >= 11 is 7.93. The van der Waals surface area contributed by atoms with Gasteiger partial charge < -0.3 is 9.88 Å². The van der Waals surface area contributed by atoms with Gasteiger partial charge in [0.05, 0.1) is 21.6 Å². The lowest BCUT2D eigenvalue weighted by atomic mass is 10.2. The summed E-state index contributed by atoms with van der Waals surface area (Å²) in [4.78, 5) is 46.2. The molecule has 0 aliphatic rings. The lowest BCUT2D eigenvalue weighted by Crippen LogP contribution is -2.37. The zero-order valence-corrected chi connectivity index (χ0v) is 19.1. The Morgan fingerprint density at radius 2 is 1.91 bits per heavy atom. The van der Waals surface area contributed by atoms with Crippen molar-refractivity contribution in [1.29, 1.82) is 0 Å². The van der Waals surface area contributed by atoms with Gasteiger partial charge in [-0.2, -0.15) is 0 Å². The third-order valence-corrected chi connectivity index (χ3v) is 6.70. The maximum Gasteiger partial charge on any atom is 0.332 e. The van der Waals surface area contributed by atoms with Crippen LogP contribution in [0.15, 0.2) is 58.4 Å². The quantitative estimate of drug-likeness (QED) is 0.426. The van der Waals surface area contributed by atoms with Crippen molar-refractivity contribution in [3.8, 4) is 10.6 Å². The van der Waals surface area contributed by atoms with E-state index in [1.807, 2.05) is 24.3 Å². The standard InChI is InChI=1S/C22H17ClN6O3S/c1-27-19-18(21(31)28(2)22(27)32)29(11-24-19)10-17(30)25-12-7-8-14(23)13(9-12)20-26-15-5-3-4-6-16(15)33-20/h3-9,11H,10H2,1-2H3,(H,25,30). The van der Waals surface area contributed by atoms with Crippen molar-refractivity contribution in [2.45, 2.75) is 6.54 Å². The van der Waals surface area contributed by atoms with Crippen LogP contribution < -0.4 is 16.6 Å². The van der Waals surface area contributed by atoms with Gasteiger partial charge in [0.15, 0.2) is 11.2 Å². The molecule has 9 nitrogen and oxygen atoms in total. The van der Waals surface area contributed by atoms with Crippen molar-refractivity contribution >= 4 is 55.9 Å². The number of nitrogens with zero attached hydrogens (tertiary/aromatic N) is 5. The van der Waals surface area contributed by atoms with Crippen LogP contribution in [-0.2, 0) is 25.4 Å². The highest BCUT2D eigenvalue weighted by Gasteiger charge is 2.17. The van der Waals surface area contributed by atoms with Crippen LogP contribution in [0.3, 0.4) is 0 Å². The van der Waals surface area contributed by atoms with Crippen molar-refractivity contribution in [2.75, 3.05) is 5.32 Å². The van der Waals surface area contributed by atoms with Crippen LogP contribution in [0.2, 0.25) is 5.02 Å². The fourth-order valence-electron chi connectivity index (χ4n) is 3.63. The molecule has 166 valence electrons. The summed E-state index contributed by atoms with van der Waals surface area (Å²) in [5, 5.41) is 4.11. The van der Waals surface area contributed by atoms with Crippen LogP contribution in [0, 0.1) is 0 Å². The van der Waals surface area contributed by atoms with Crippen molar-refractivity contribution < 1.29 is 4.79 Å². The molecular formula is C22H17ClN6O3S. The lowest BCUT2D eigenvalue weighted by molar-refractivity contribution is -0.116. The average Bonchev–Trinajstić information content (AvgIpc) is 3.42. The number of para-hydroxylation sites is 1. The minimum atomic E-state index is -0.511. The lowest BCUT2D eigenvalue weighted by Gasteiger charge is -2.09. The number of carbonyl (C=O) groups is 1. The van der Waals surface area contributed by atoms with Gasteiger partial charge in [-0.3, -0.25) is 18.7 Å². The Kier molecular flexibility index (Phi) is 5.10. The van der Waals surface area contributed by atoms with E-state index in [9.17, 15) is 14.4 Å². The number of halogens is 1. The van der Waals surface area contributed by atoms with E-state index < -0.39 is 11.2 Å². The highest BCUT2D eigenvalue weighted by atomic mass is 35.5. The second kappa shape index (κ2) is 7.98. The molecule has 0 saturated carbocycles. The first-order valence-electron chi connectivity index (χ1n) is 9.89. The van der Waals surface area contributed by atoms with E-state index in [1.54, 1.807) is 18.2 Å². The summed E-state index contributed by atoms with van der Waals surface area (Å²) in [5.41, 5.74) is 1.55. The van der Waals surface area contributed by atoms with Gasteiger partial charge in [0.25, 0.3) is 5.56 Å². The van der Waals surface area contributed by atoms with Gasteiger partial charge >= 0.3 is 5.69 Å². The van der Waals surface area contributed by atoms with Crippen LogP contribution in [0.25, 0.3) is 32.0 Å². The van der Waals surface area contributed by atoms with Gasteiger partial charge in [0.2, 0.25) is 5.91 Å². The molecule has 0 radical (unpaired) electrons. The number of anilines is 1. The van der Waals surface area contributed by atoms with Gasteiger partial charge in [0.1, 0.15) is 11.6 Å². The van der Waals surface area contributed by atoms with E-state index in [-0.39, 0.29) is 23.6 Å². The van der Waals surface area contributed by atoms with Gasteiger partial charge in [-0.05, 0) is 30.3 Å². The normalized spacial score (nSPS) is 11.4. The Morgan fingerprint density at radius 1 is 1.12 bits per heavy atom. The van der Waals surface area contributed by atoms with E-state index >= 15 is 0 Å². The van der Waals surface area contributed by atoms with Gasteiger partial charge in [-0.15, -0.1) is 11.3 Å². The first kappa shape index (κ1) is 21.1. The summed E-state index contributed by atoms with van der Waals surface area (Å²) in [5.74, 6) is -0.359. The monoisotopic (exact) mass is 480 g/mol. The summed E-state index contributed by atoms with van der Waals surface area (Å²) in [6.07, 6.45) is 1.37. The highest BCUT2D eigenvalue weighted by Crippen LogP contribution is 2.35. The smallest absolute Gasteiger partial charge is 0.325 e. The molecule has 5 rings (SSSR count). The van der Waals surface area contributed by atoms with E-state index in [0.717, 1.165) is 19.8 Å². The molecule has 3 heterocycles. The maximum absolute atomic E-state index is 12.8. The van der Waals surface area contributed by atoms with Crippen LogP contribution in [0.1, 0.15) is 0 Å². The van der Waals surface area contributed by atoms with Crippen LogP contribution >= 0.6 is 22.9 Å². The molecule has 0 spiro atoms. The van der Waals surface area contributed by atoms with Crippen molar-refractivity contribution in [2.24, 2.45) is 14.1 Å². The van der Waals surface area contributed by atoms with E-state index in [4.69, 9.17) is 11.6 Å². The molecule has 0 aliphatic carbocycles. The number of amides is 1. The zero-order chi connectivity index (χ0) is 23.3. The molecule has 0 unspecified atom stereocenters. The van der Waals surface area contributed by atoms with E-state index in [2.05, 4.69) is 15.3 Å². The number of hydrogen-bond acceptors (Lipinski definition) is 6. The first-order valence-corrected chi connectivity index (χ1v) is 11.1. The fourth-order valence-corrected chi connectivity index (χ4v) is 4.89. The Labute approximate surface area is 195 Å². The Morgan fingerprint density at radius 3 is 2.70 bits per heavy atom. The van der Waals surface area contributed by atoms with Crippen LogP contribution in [-0.4, -0.2) is 29.6 Å². The third kappa shape index (κ3) is 3.62. The molecule has 11 heteroatoms. The number of imidazole rings is 1. The minimum absolute atomic E-state index is 0.150. The molecule has 2 aromatic carbocycles. The number of aromatic nitrogens is 5. The number of nitrogens with one attached hydrogen (secondary N) is 1. The Balaban J connectivity index is 1.44. The number of hydrogen-bond donors (Lipinski definition) is 1. The Bertz CT molecular complexity index is 1650. The minimum Gasteiger partial charge on any atom is -0.325 e. The molecule has 1 N–H and O–H groups in total. The molecule has 33 heavy (non-hydrogen) atoms. The Hall–Kier alpha value is -3.76. The van der Waals surface area contributed by atoms with Gasteiger partial charge in [0, 0.05) is 25.3 Å². The number of aryl methyl sites for hydroxylation is 1. The molecule has 0 fully saturated rings. The van der Waals surface area contributed by atoms with E-state index in [0.29, 0.717) is 16.3 Å². The van der Waals surface area contributed by atoms with Crippen molar-refractivity contribution in [3.63, 3.8) is 0 Å². The summed E-state index contributed by atoms with van der Waals surface area (Å²) in [7, 11) is 2.91. The van der Waals surface area contributed by atoms with Crippen LogP contribution in [0.4, 0.5) is 5.69 Å². The molecule has 0 aliphatic heterocycles. The second-order valence-electron chi connectivity index (χ2n) is 7.48. The molecule has 3 aromatic heterocycles. The third-order valence-electron chi connectivity index (χ3n) is 5.31. The van der Waals surface area contributed by atoms with Gasteiger partial charge in [-0.25, -0.2) is 14.8 Å². The molecule has 1 amide bonds. The number of fused-ring (bicyclic) bond motifs is 2. The molecule has 0 atom stereocenters. The van der Waals surface area contributed by atoms with Crippen molar-refractivity contribution in [3.05, 3.63) is 74.7 Å². The fraction of sp³-hybridized carbons (Fsp3) is 0.136. The van der Waals surface area contributed by atoms with Crippen LogP contribution in [0.5, 0.6) is 0 Å². The van der Waals surface area contributed by atoms with E-state index in [1.165, 1.54) is 40.9 Å². The number of carbonyl (C=O) groups excluding carboxylic acids is 1. The molecule has 0 bridgehead atoms. The first-order chi connectivity index (χ1) is 15.8. The summed E-state index contributed by atoms with van der Waals surface area (Å²) in [6.45, 7) is -0.150. The predicted octanol–water partition coefficient (Wildman–Crippen LogP) is 3.00. The maximum atomic E-state index is 12.8. The average molecular weight is 481 g/mol. The molecule has 0 saturated heterocycles.